The molecule has 0 aliphatic carbocycles. The van der Waals surface area contributed by atoms with Gasteiger partial charge in [0.15, 0.2) is 17.6 Å². The highest BCUT2D eigenvalue weighted by atomic mass is 35.5. The SMILES string of the molecule is COc1ccc(C[NH+](C)[C@@H](C)C(=O)Nc2cc(Cl)ccc2OC)cc1F. The van der Waals surface area contributed by atoms with Gasteiger partial charge in [-0.3, -0.25) is 4.79 Å². The van der Waals surface area contributed by atoms with Crippen molar-refractivity contribution in [2.24, 2.45) is 0 Å². The summed E-state index contributed by atoms with van der Waals surface area (Å²) in [6, 6.07) is 9.44. The first-order valence-corrected chi connectivity index (χ1v) is 8.52. The molecule has 1 unspecified atom stereocenters. The number of benzene rings is 2. The zero-order valence-corrected chi connectivity index (χ0v) is 16.0. The largest absolute Gasteiger partial charge is 0.495 e. The molecular formula is C19H23ClFN2O3+. The molecule has 0 heterocycles. The Labute approximate surface area is 157 Å². The number of halogens is 2. The van der Waals surface area contributed by atoms with Gasteiger partial charge in [0, 0.05) is 10.6 Å². The lowest BCUT2D eigenvalue weighted by Crippen LogP contribution is -3.12. The van der Waals surface area contributed by atoms with E-state index in [4.69, 9.17) is 21.1 Å². The number of amides is 1. The highest BCUT2D eigenvalue weighted by molar-refractivity contribution is 6.31. The molecule has 0 saturated carbocycles. The predicted octanol–water partition coefficient (Wildman–Crippen LogP) is 2.54. The van der Waals surface area contributed by atoms with Crippen molar-refractivity contribution in [1.29, 1.82) is 0 Å². The molecular weight excluding hydrogens is 359 g/mol. The standard InChI is InChI=1S/C19H22ClFN2O3/c1-12(19(24)22-16-10-14(20)6-8-18(16)26-4)23(2)11-13-5-7-17(25-3)15(21)9-13/h5-10,12H,11H2,1-4H3,(H,22,24)/p+1/t12-/m0/s1. The molecule has 2 rings (SSSR count). The van der Waals surface area contributed by atoms with Crippen molar-refractivity contribution < 1.29 is 23.6 Å². The summed E-state index contributed by atoms with van der Waals surface area (Å²) < 4.78 is 24.0. The first kappa shape index (κ1) is 20.0. The quantitative estimate of drug-likeness (QED) is 0.775. The van der Waals surface area contributed by atoms with E-state index in [0.717, 1.165) is 10.5 Å². The molecule has 0 spiro atoms. The molecule has 2 aromatic carbocycles. The lowest BCUT2D eigenvalue weighted by Gasteiger charge is -2.22. The Morgan fingerprint density at radius 3 is 2.46 bits per heavy atom. The van der Waals surface area contributed by atoms with E-state index >= 15 is 0 Å². The third-order valence-corrected chi connectivity index (χ3v) is 4.49. The average molecular weight is 382 g/mol. The summed E-state index contributed by atoms with van der Waals surface area (Å²) >= 11 is 5.99. The van der Waals surface area contributed by atoms with Crippen LogP contribution in [-0.2, 0) is 11.3 Å². The van der Waals surface area contributed by atoms with Gasteiger partial charge in [0.2, 0.25) is 0 Å². The minimum absolute atomic E-state index is 0.183. The van der Waals surface area contributed by atoms with Gasteiger partial charge in [-0.25, -0.2) is 4.39 Å². The van der Waals surface area contributed by atoms with Gasteiger partial charge in [-0.1, -0.05) is 11.6 Å². The molecule has 1 amide bonds. The van der Waals surface area contributed by atoms with Crippen molar-refractivity contribution in [2.75, 3.05) is 26.6 Å². The van der Waals surface area contributed by atoms with Gasteiger partial charge in [0.25, 0.3) is 5.91 Å². The molecule has 26 heavy (non-hydrogen) atoms. The fraction of sp³-hybridized carbons (Fsp3) is 0.316. The van der Waals surface area contributed by atoms with Crippen molar-refractivity contribution in [1.82, 2.24) is 0 Å². The summed E-state index contributed by atoms with van der Waals surface area (Å²) in [7, 11) is 4.82. The summed E-state index contributed by atoms with van der Waals surface area (Å²) in [6.07, 6.45) is 0. The fourth-order valence-electron chi connectivity index (χ4n) is 2.54. The molecule has 2 atom stereocenters. The first-order chi connectivity index (χ1) is 12.3. The van der Waals surface area contributed by atoms with Gasteiger partial charge in [0.1, 0.15) is 12.3 Å². The second kappa shape index (κ2) is 8.87. The number of hydrogen-bond acceptors (Lipinski definition) is 3. The van der Waals surface area contributed by atoms with Crippen LogP contribution in [0.4, 0.5) is 10.1 Å². The van der Waals surface area contributed by atoms with E-state index in [1.807, 2.05) is 14.0 Å². The lowest BCUT2D eigenvalue weighted by molar-refractivity contribution is -0.907. The van der Waals surface area contributed by atoms with Crippen LogP contribution in [-0.4, -0.2) is 33.2 Å². The van der Waals surface area contributed by atoms with Crippen molar-refractivity contribution in [3.8, 4) is 11.5 Å². The third kappa shape index (κ3) is 4.86. The number of ether oxygens (including phenoxy) is 2. The molecule has 0 aromatic heterocycles. The van der Waals surface area contributed by atoms with Crippen LogP contribution in [0, 0.1) is 5.82 Å². The van der Waals surface area contributed by atoms with E-state index in [2.05, 4.69) is 5.32 Å². The summed E-state index contributed by atoms with van der Waals surface area (Å²) in [5.41, 5.74) is 1.29. The monoisotopic (exact) mass is 381 g/mol. The molecule has 0 aliphatic rings. The number of carbonyl (C=O) groups is 1. The van der Waals surface area contributed by atoms with Crippen molar-refractivity contribution in [3.63, 3.8) is 0 Å². The van der Waals surface area contributed by atoms with E-state index < -0.39 is 5.82 Å². The van der Waals surface area contributed by atoms with E-state index in [1.165, 1.54) is 20.3 Å². The Hall–Kier alpha value is -2.31. The van der Waals surface area contributed by atoms with Gasteiger partial charge in [-0.15, -0.1) is 0 Å². The Bertz CT molecular complexity index is 785. The summed E-state index contributed by atoms with van der Waals surface area (Å²) in [4.78, 5) is 13.5. The fourth-order valence-corrected chi connectivity index (χ4v) is 2.71. The zero-order chi connectivity index (χ0) is 19.3. The van der Waals surface area contributed by atoms with Crippen LogP contribution in [0.5, 0.6) is 11.5 Å². The highest BCUT2D eigenvalue weighted by Gasteiger charge is 2.23. The second-order valence-electron chi connectivity index (χ2n) is 6.05. The van der Waals surface area contributed by atoms with Crippen LogP contribution in [0.3, 0.4) is 0 Å². The minimum atomic E-state index is -0.418. The van der Waals surface area contributed by atoms with Gasteiger partial charge in [-0.2, -0.15) is 0 Å². The number of nitrogens with one attached hydrogen (secondary N) is 2. The van der Waals surface area contributed by atoms with E-state index in [0.29, 0.717) is 23.0 Å². The van der Waals surface area contributed by atoms with Gasteiger partial charge in [-0.05, 0) is 43.3 Å². The van der Waals surface area contributed by atoms with E-state index in [9.17, 15) is 9.18 Å². The van der Waals surface area contributed by atoms with Gasteiger partial charge >= 0.3 is 0 Å². The topological polar surface area (TPSA) is 52.0 Å². The van der Waals surface area contributed by atoms with Crippen molar-refractivity contribution in [2.45, 2.75) is 19.5 Å². The maximum atomic E-state index is 13.8. The maximum Gasteiger partial charge on any atom is 0.282 e. The summed E-state index contributed by atoms with van der Waals surface area (Å²) in [5.74, 6) is 0.130. The molecule has 2 aromatic rings. The maximum absolute atomic E-state index is 13.8. The van der Waals surface area contributed by atoms with Crippen LogP contribution in [0.15, 0.2) is 36.4 Å². The Morgan fingerprint density at radius 1 is 1.19 bits per heavy atom. The molecule has 0 fully saturated rings. The Balaban J connectivity index is 2.05. The summed E-state index contributed by atoms with van der Waals surface area (Å²) in [6.45, 7) is 2.30. The smallest absolute Gasteiger partial charge is 0.282 e. The number of quaternary nitrogens is 1. The molecule has 5 nitrogen and oxygen atoms in total. The van der Waals surface area contributed by atoms with Crippen LogP contribution in [0.25, 0.3) is 0 Å². The number of anilines is 1. The molecule has 0 bridgehead atoms. The van der Waals surface area contributed by atoms with E-state index in [1.54, 1.807) is 30.3 Å². The van der Waals surface area contributed by atoms with Gasteiger partial charge in [0.05, 0.1) is 27.0 Å². The molecule has 0 saturated heterocycles. The molecule has 140 valence electrons. The van der Waals surface area contributed by atoms with Crippen molar-refractivity contribution in [3.05, 3.63) is 52.8 Å². The molecule has 2 N–H and O–H groups in total. The number of rotatable bonds is 7. The minimum Gasteiger partial charge on any atom is -0.495 e. The number of carbonyl (C=O) groups excluding carboxylic acids is 1. The van der Waals surface area contributed by atoms with Crippen LogP contribution in [0.2, 0.25) is 5.02 Å². The zero-order valence-electron chi connectivity index (χ0n) is 15.2. The molecule has 7 heteroatoms. The number of likely N-dealkylation sites (N-methyl/N-ethyl adjacent to an activating group) is 1. The van der Waals surface area contributed by atoms with Crippen LogP contribution in [0.1, 0.15) is 12.5 Å². The van der Waals surface area contributed by atoms with Crippen LogP contribution >= 0.6 is 11.6 Å². The first-order valence-electron chi connectivity index (χ1n) is 8.14. The number of methoxy groups -OCH3 is 2. The normalized spacial score (nSPS) is 13.0. The molecule has 0 aliphatic heterocycles. The third-order valence-electron chi connectivity index (χ3n) is 4.25. The van der Waals surface area contributed by atoms with Crippen molar-refractivity contribution >= 4 is 23.2 Å². The highest BCUT2D eigenvalue weighted by Crippen LogP contribution is 2.27. The second-order valence-corrected chi connectivity index (χ2v) is 6.48. The predicted molar refractivity (Wildman–Crippen MR) is 99.6 cm³/mol. The molecule has 0 radical (unpaired) electrons. The Kier molecular flexibility index (Phi) is 6.83. The Morgan fingerprint density at radius 2 is 1.85 bits per heavy atom. The van der Waals surface area contributed by atoms with Crippen LogP contribution < -0.4 is 19.7 Å². The van der Waals surface area contributed by atoms with E-state index in [-0.39, 0.29) is 17.7 Å². The lowest BCUT2D eigenvalue weighted by atomic mass is 10.1. The summed E-state index contributed by atoms with van der Waals surface area (Å²) in [5, 5.41) is 3.34. The number of hydrogen-bond donors (Lipinski definition) is 2. The van der Waals surface area contributed by atoms with Gasteiger partial charge < -0.3 is 19.7 Å². The average Bonchev–Trinajstić information content (AvgIpc) is 2.61.